The number of ether oxygens (including phenoxy) is 1. The highest BCUT2D eigenvalue weighted by molar-refractivity contribution is 7.92. The standard InChI is InChI=1S/C17H17Cl2NO5S/c1-2-25-16-6-4-3-5-15(16)20(10-9-17(21)22)26(23,24)12-7-8-13(18)14(19)11-12/h3-8,11H,2,9-10H2,1H3,(H,21,22). The van der Waals surface area contributed by atoms with E-state index in [2.05, 4.69) is 0 Å². The minimum absolute atomic E-state index is 0.0871. The van der Waals surface area contributed by atoms with Gasteiger partial charge in [-0.2, -0.15) is 0 Å². The van der Waals surface area contributed by atoms with Gasteiger partial charge in [-0.05, 0) is 37.3 Å². The average molecular weight is 418 g/mol. The van der Waals surface area contributed by atoms with Crippen molar-refractivity contribution in [2.45, 2.75) is 18.2 Å². The van der Waals surface area contributed by atoms with Crippen LogP contribution in [0.3, 0.4) is 0 Å². The SMILES string of the molecule is CCOc1ccccc1N(CCC(=O)O)S(=O)(=O)c1ccc(Cl)c(Cl)c1. The minimum atomic E-state index is -4.08. The fourth-order valence-electron chi connectivity index (χ4n) is 2.27. The van der Waals surface area contributed by atoms with Crippen LogP contribution in [-0.2, 0) is 14.8 Å². The van der Waals surface area contributed by atoms with Gasteiger partial charge in [-0.3, -0.25) is 9.10 Å². The summed E-state index contributed by atoms with van der Waals surface area (Å²) in [6.45, 7) is 1.84. The molecule has 0 aliphatic heterocycles. The van der Waals surface area contributed by atoms with Crippen LogP contribution < -0.4 is 9.04 Å². The molecule has 2 rings (SSSR count). The number of anilines is 1. The van der Waals surface area contributed by atoms with Gasteiger partial charge in [-0.25, -0.2) is 8.42 Å². The molecule has 0 unspecified atom stereocenters. The summed E-state index contributed by atoms with van der Waals surface area (Å²) in [5.74, 6) is -0.780. The Hall–Kier alpha value is -1.96. The monoisotopic (exact) mass is 417 g/mol. The van der Waals surface area contributed by atoms with Gasteiger partial charge in [0.2, 0.25) is 0 Å². The first-order chi connectivity index (χ1) is 12.3. The molecule has 6 nitrogen and oxygen atoms in total. The third-order valence-corrected chi connectivity index (χ3v) is 5.99. The number of para-hydroxylation sites is 2. The molecule has 26 heavy (non-hydrogen) atoms. The van der Waals surface area contributed by atoms with E-state index in [4.69, 9.17) is 33.0 Å². The van der Waals surface area contributed by atoms with Crippen molar-refractivity contribution in [2.75, 3.05) is 17.5 Å². The predicted octanol–water partition coefficient (Wildman–Crippen LogP) is 4.06. The summed E-state index contributed by atoms with van der Waals surface area (Å²) in [6.07, 6.45) is -0.374. The second-order valence-corrected chi connectivity index (χ2v) is 7.87. The first-order valence-corrected chi connectivity index (χ1v) is 9.88. The molecule has 0 amide bonds. The van der Waals surface area contributed by atoms with Crippen LogP contribution in [0.15, 0.2) is 47.4 Å². The van der Waals surface area contributed by atoms with Crippen molar-refractivity contribution in [2.24, 2.45) is 0 Å². The molecule has 0 aliphatic carbocycles. The Labute approximate surface area is 162 Å². The Morgan fingerprint density at radius 3 is 2.46 bits per heavy atom. The van der Waals surface area contributed by atoms with E-state index >= 15 is 0 Å². The molecule has 1 N–H and O–H groups in total. The molecule has 0 saturated heterocycles. The van der Waals surface area contributed by atoms with E-state index in [-0.39, 0.29) is 33.6 Å². The number of carboxylic acid groups (broad SMARTS) is 1. The van der Waals surface area contributed by atoms with E-state index in [1.807, 2.05) is 0 Å². The van der Waals surface area contributed by atoms with E-state index in [1.165, 1.54) is 18.2 Å². The van der Waals surface area contributed by atoms with Crippen LogP contribution in [0.5, 0.6) is 5.75 Å². The summed E-state index contributed by atoms with van der Waals surface area (Å²) in [6, 6.07) is 10.5. The summed E-state index contributed by atoms with van der Waals surface area (Å²) in [7, 11) is -4.08. The topological polar surface area (TPSA) is 83.9 Å². The molecule has 0 atom stereocenters. The van der Waals surface area contributed by atoms with Crippen molar-refractivity contribution in [1.82, 2.24) is 0 Å². The second-order valence-electron chi connectivity index (χ2n) is 5.20. The van der Waals surface area contributed by atoms with E-state index in [1.54, 1.807) is 31.2 Å². The van der Waals surface area contributed by atoms with E-state index < -0.39 is 16.0 Å². The smallest absolute Gasteiger partial charge is 0.305 e. The first-order valence-electron chi connectivity index (χ1n) is 7.68. The van der Waals surface area contributed by atoms with Crippen LogP contribution in [0.25, 0.3) is 0 Å². The van der Waals surface area contributed by atoms with Crippen molar-refractivity contribution >= 4 is 44.9 Å². The van der Waals surface area contributed by atoms with Crippen LogP contribution in [0.2, 0.25) is 10.0 Å². The number of sulfonamides is 1. The highest BCUT2D eigenvalue weighted by atomic mass is 35.5. The molecule has 0 saturated carbocycles. The average Bonchev–Trinajstić information content (AvgIpc) is 2.58. The third kappa shape index (κ3) is 4.60. The maximum atomic E-state index is 13.1. The number of halogens is 2. The number of benzene rings is 2. The summed E-state index contributed by atoms with van der Waals surface area (Å²) < 4.78 is 32.8. The molecule has 2 aromatic rings. The largest absolute Gasteiger partial charge is 0.492 e. The predicted molar refractivity (Wildman–Crippen MR) is 101 cm³/mol. The first kappa shape index (κ1) is 20.4. The minimum Gasteiger partial charge on any atom is -0.492 e. The number of hydrogen-bond donors (Lipinski definition) is 1. The van der Waals surface area contributed by atoms with Gasteiger partial charge in [0.1, 0.15) is 5.75 Å². The summed E-state index contributed by atoms with van der Waals surface area (Å²) in [5.41, 5.74) is 0.252. The number of aliphatic carboxylic acids is 1. The van der Waals surface area contributed by atoms with Crippen molar-refractivity contribution in [3.63, 3.8) is 0 Å². The van der Waals surface area contributed by atoms with Gasteiger partial charge in [0, 0.05) is 6.54 Å². The number of carbonyl (C=O) groups is 1. The van der Waals surface area contributed by atoms with Crippen LogP contribution >= 0.6 is 23.2 Å². The van der Waals surface area contributed by atoms with Gasteiger partial charge in [0.25, 0.3) is 10.0 Å². The lowest BCUT2D eigenvalue weighted by Gasteiger charge is -2.26. The fourth-order valence-corrected chi connectivity index (χ4v) is 4.14. The zero-order chi connectivity index (χ0) is 19.3. The number of hydrogen-bond acceptors (Lipinski definition) is 4. The van der Waals surface area contributed by atoms with E-state index in [0.29, 0.717) is 12.4 Å². The zero-order valence-electron chi connectivity index (χ0n) is 13.9. The lowest BCUT2D eigenvalue weighted by molar-refractivity contribution is -0.136. The molecule has 9 heteroatoms. The molecular weight excluding hydrogens is 401 g/mol. The number of nitrogens with zero attached hydrogens (tertiary/aromatic N) is 1. The molecule has 2 aromatic carbocycles. The molecule has 140 valence electrons. The summed E-state index contributed by atoms with van der Waals surface area (Å²) in [4.78, 5) is 10.9. The van der Waals surface area contributed by atoms with Crippen molar-refractivity contribution in [3.05, 3.63) is 52.5 Å². The molecule has 0 spiro atoms. The van der Waals surface area contributed by atoms with Crippen molar-refractivity contribution < 1.29 is 23.1 Å². The quantitative estimate of drug-likeness (QED) is 0.699. The van der Waals surface area contributed by atoms with Gasteiger partial charge in [0.15, 0.2) is 0 Å². The maximum absolute atomic E-state index is 13.1. The number of carboxylic acids is 1. The van der Waals surface area contributed by atoms with Gasteiger partial charge < -0.3 is 9.84 Å². The van der Waals surface area contributed by atoms with E-state index in [0.717, 1.165) is 4.31 Å². The van der Waals surface area contributed by atoms with Gasteiger partial charge in [0.05, 0.1) is 33.7 Å². The zero-order valence-corrected chi connectivity index (χ0v) is 16.2. The molecule has 0 radical (unpaired) electrons. The molecule has 0 bridgehead atoms. The molecule has 0 heterocycles. The normalized spacial score (nSPS) is 11.2. The number of rotatable bonds is 8. The van der Waals surface area contributed by atoms with Crippen LogP contribution in [0, 0.1) is 0 Å². The molecule has 0 aromatic heterocycles. The lowest BCUT2D eigenvalue weighted by atomic mass is 10.3. The highest BCUT2D eigenvalue weighted by Crippen LogP contribution is 2.34. The van der Waals surface area contributed by atoms with Gasteiger partial charge >= 0.3 is 5.97 Å². The third-order valence-electron chi connectivity index (χ3n) is 3.44. The summed E-state index contributed by atoms with van der Waals surface area (Å²) in [5, 5.41) is 9.31. The van der Waals surface area contributed by atoms with E-state index in [9.17, 15) is 13.2 Å². The maximum Gasteiger partial charge on any atom is 0.305 e. The van der Waals surface area contributed by atoms with Crippen LogP contribution in [-0.4, -0.2) is 32.6 Å². The molecule has 0 aliphatic rings. The Balaban J connectivity index is 2.56. The summed E-state index contributed by atoms with van der Waals surface area (Å²) >= 11 is 11.8. The van der Waals surface area contributed by atoms with Crippen LogP contribution in [0.1, 0.15) is 13.3 Å². The van der Waals surface area contributed by atoms with Gasteiger partial charge in [-0.15, -0.1) is 0 Å². The Morgan fingerprint density at radius 1 is 1.15 bits per heavy atom. The second kappa shape index (κ2) is 8.62. The Morgan fingerprint density at radius 2 is 1.85 bits per heavy atom. The molecule has 0 fully saturated rings. The van der Waals surface area contributed by atoms with Gasteiger partial charge in [-0.1, -0.05) is 35.3 Å². The highest BCUT2D eigenvalue weighted by Gasteiger charge is 2.28. The van der Waals surface area contributed by atoms with Crippen LogP contribution in [0.4, 0.5) is 5.69 Å². The Kier molecular flexibility index (Phi) is 6.75. The molecular formula is C17H17Cl2NO5S. The Bertz CT molecular complexity index is 902. The van der Waals surface area contributed by atoms with Crippen molar-refractivity contribution in [1.29, 1.82) is 0 Å². The fraction of sp³-hybridized carbons (Fsp3) is 0.235. The lowest BCUT2D eigenvalue weighted by Crippen LogP contribution is -2.33. The van der Waals surface area contributed by atoms with Crippen molar-refractivity contribution in [3.8, 4) is 5.75 Å².